The SMILES string of the molecule is CC(C)(C#N)c1ccc(-c2csc(Cl)c2)cc1. The van der Waals surface area contributed by atoms with Crippen LogP contribution < -0.4 is 0 Å². The van der Waals surface area contributed by atoms with E-state index in [0.717, 1.165) is 21.0 Å². The topological polar surface area (TPSA) is 23.8 Å². The summed E-state index contributed by atoms with van der Waals surface area (Å²) in [6.45, 7) is 3.84. The Morgan fingerprint density at radius 2 is 1.82 bits per heavy atom. The van der Waals surface area contributed by atoms with Crippen LogP contribution in [-0.2, 0) is 5.41 Å². The summed E-state index contributed by atoms with van der Waals surface area (Å²) in [5.74, 6) is 0. The number of hydrogen-bond acceptors (Lipinski definition) is 2. The minimum Gasteiger partial charge on any atom is -0.197 e. The number of nitrogens with zero attached hydrogens (tertiary/aromatic N) is 1. The molecule has 0 atom stereocenters. The minimum atomic E-state index is -0.440. The lowest BCUT2D eigenvalue weighted by Crippen LogP contribution is -2.13. The van der Waals surface area contributed by atoms with Gasteiger partial charge in [0.15, 0.2) is 0 Å². The van der Waals surface area contributed by atoms with Crippen LogP contribution in [0.5, 0.6) is 0 Å². The van der Waals surface area contributed by atoms with E-state index in [4.69, 9.17) is 16.9 Å². The Labute approximate surface area is 110 Å². The number of nitriles is 1. The molecule has 0 saturated heterocycles. The van der Waals surface area contributed by atoms with E-state index in [9.17, 15) is 0 Å². The molecule has 0 spiro atoms. The first-order chi connectivity index (χ1) is 8.03. The van der Waals surface area contributed by atoms with Crippen molar-refractivity contribution in [3.63, 3.8) is 0 Å². The average Bonchev–Trinajstić information content (AvgIpc) is 2.76. The zero-order chi connectivity index (χ0) is 12.5. The maximum absolute atomic E-state index is 9.07. The van der Waals surface area contributed by atoms with Crippen LogP contribution >= 0.6 is 22.9 Å². The van der Waals surface area contributed by atoms with Gasteiger partial charge < -0.3 is 0 Å². The minimum absolute atomic E-state index is 0.440. The second-order valence-electron chi connectivity index (χ2n) is 4.45. The van der Waals surface area contributed by atoms with Crippen molar-refractivity contribution in [2.24, 2.45) is 0 Å². The molecule has 1 aromatic carbocycles. The van der Waals surface area contributed by atoms with Crippen LogP contribution in [-0.4, -0.2) is 0 Å². The van der Waals surface area contributed by atoms with Gasteiger partial charge in [0.05, 0.1) is 15.8 Å². The van der Waals surface area contributed by atoms with Gasteiger partial charge in [0.1, 0.15) is 0 Å². The molecule has 0 aliphatic carbocycles. The summed E-state index contributed by atoms with van der Waals surface area (Å²) >= 11 is 7.44. The standard InChI is InChI=1S/C14H12ClNS/c1-14(2,9-16)12-5-3-10(4-6-12)11-7-13(15)17-8-11/h3-8H,1-2H3. The number of hydrogen-bond donors (Lipinski definition) is 0. The van der Waals surface area contributed by atoms with Crippen molar-refractivity contribution in [1.82, 2.24) is 0 Å². The van der Waals surface area contributed by atoms with E-state index in [1.165, 1.54) is 11.3 Å². The Balaban J connectivity index is 2.34. The van der Waals surface area contributed by atoms with Crippen LogP contribution in [0, 0.1) is 11.3 Å². The molecule has 0 saturated carbocycles. The first-order valence-electron chi connectivity index (χ1n) is 5.29. The summed E-state index contributed by atoms with van der Waals surface area (Å²) in [5, 5.41) is 11.1. The van der Waals surface area contributed by atoms with E-state index in [-0.39, 0.29) is 0 Å². The average molecular weight is 262 g/mol. The molecule has 0 aliphatic rings. The van der Waals surface area contributed by atoms with Gasteiger partial charge in [0.2, 0.25) is 0 Å². The molecular weight excluding hydrogens is 250 g/mol. The highest BCUT2D eigenvalue weighted by molar-refractivity contribution is 7.14. The third kappa shape index (κ3) is 2.52. The van der Waals surface area contributed by atoms with Crippen molar-refractivity contribution >= 4 is 22.9 Å². The molecule has 1 heterocycles. The molecule has 17 heavy (non-hydrogen) atoms. The highest BCUT2D eigenvalue weighted by Gasteiger charge is 2.19. The van der Waals surface area contributed by atoms with Gasteiger partial charge in [-0.15, -0.1) is 11.3 Å². The molecule has 3 heteroatoms. The maximum Gasteiger partial charge on any atom is 0.0934 e. The summed E-state index contributed by atoms with van der Waals surface area (Å²) < 4.78 is 0.793. The lowest BCUT2D eigenvalue weighted by atomic mass is 9.86. The number of rotatable bonds is 2. The Morgan fingerprint density at radius 3 is 2.29 bits per heavy atom. The summed E-state index contributed by atoms with van der Waals surface area (Å²) in [6, 6.07) is 12.3. The van der Waals surface area contributed by atoms with Gasteiger partial charge in [0.25, 0.3) is 0 Å². The molecule has 2 aromatic rings. The fourth-order valence-corrected chi connectivity index (χ4v) is 2.50. The predicted octanol–water partition coefficient (Wildman–Crippen LogP) is 4.87. The van der Waals surface area contributed by atoms with Gasteiger partial charge in [-0.25, -0.2) is 0 Å². The Bertz CT molecular complexity index is 561. The molecular formula is C14H12ClNS. The molecule has 0 bridgehead atoms. The molecule has 0 radical (unpaired) electrons. The molecule has 86 valence electrons. The van der Waals surface area contributed by atoms with Crippen molar-refractivity contribution in [2.75, 3.05) is 0 Å². The predicted molar refractivity (Wildman–Crippen MR) is 73.4 cm³/mol. The third-order valence-corrected chi connectivity index (χ3v) is 3.88. The van der Waals surface area contributed by atoms with Gasteiger partial charge in [-0.2, -0.15) is 5.26 Å². The lowest BCUT2D eigenvalue weighted by molar-refractivity contribution is 0.687. The molecule has 0 aliphatic heterocycles. The quantitative estimate of drug-likeness (QED) is 0.757. The maximum atomic E-state index is 9.07. The molecule has 0 amide bonds. The highest BCUT2D eigenvalue weighted by Crippen LogP contribution is 2.30. The van der Waals surface area contributed by atoms with E-state index in [0.29, 0.717) is 0 Å². The van der Waals surface area contributed by atoms with Gasteiger partial charge in [-0.05, 0) is 36.6 Å². The Hall–Kier alpha value is -1.30. The summed E-state index contributed by atoms with van der Waals surface area (Å²) in [5.41, 5.74) is 2.85. The number of thiophene rings is 1. The third-order valence-electron chi connectivity index (χ3n) is 2.79. The molecule has 1 nitrogen and oxygen atoms in total. The summed E-state index contributed by atoms with van der Waals surface area (Å²) in [7, 11) is 0. The van der Waals surface area contributed by atoms with Crippen molar-refractivity contribution in [3.05, 3.63) is 45.6 Å². The van der Waals surface area contributed by atoms with Gasteiger partial charge in [-0.1, -0.05) is 35.9 Å². The van der Waals surface area contributed by atoms with E-state index in [1.54, 1.807) is 0 Å². The molecule has 1 aromatic heterocycles. The lowest BCUT2D eigenvalue weighted by Gasteiger charge is -2.15. The van der Waals surface area contributed by atoms with Crippen molar-refractivity contribution in [1.29, 1.82) is 5.26 Å². The van der Waals surface area contributed by atoms with Crippen LogP contribution in [0.25, 0.3) is 11.1 Å². The zero-order valence-corrected chi connectivity index (χ0v) is 11.3. The molecule has 0 fully saturated rings. The van der Waals surface area contributed by atoms with Gasteiger partial charge >= 0.3 is 0 Å². The fourth-order valence-electron chi connectivity index (χ4n) is 1.61. The van der Waals surface area contributed by atoms with Crippen LogP contribution in [0.3, 0.4) is 0 Å². The summed E-state index contributed by atoms with van der Waals surface area (Å²) in [6.07, 6.45) is 0. The fraction of sp³-hybridized carbons (Fsp3) is 0.214. The normalized spacial score (nSPS) is 11.2. The van der Waals surface area contributed by atoms with Crippen molar-refractivity contribution < 1.29 is 0 Å². The second kappa shape index (κ2) is 4.52. The first kappa shape index (κ1) is 12.2. The number of benzene rings is 1. The van der Waals surface area contributed by atoms with E-state index in [1.807, 2.05) is 49.6 Å². The van der Waals surface area contributed by atoms with E-state index in [2.05, 4.69) is 6.07 Å². The van der Waals surface area contributed by atoms with Gasteiger partial charge in [-0.3, -0.25) is 0 Å². The van der Waals surface area contributed by atoms with Crippen molar-refractivity contribution in [3.8, 4) is 17.2 Å². The largest absolute Gasteiger partial charge is 0.197 e. The smallest absolute Gasteiger partial charge is 0.0934 e. The van der Waals surface area contributed by atoms with E-state index >= 15 is 0 Å². The van der Waals surface area contributed by atoms with Crippen LogP contribution in [0.1, 0.15) is 19.4 Å². The first-order valence-corrected chi connectivity index (χ1v) is 6.55. The van der Waals surface area contributed by atoms with Crippen molar-refractivity contribution in [2.45, 2.75) is 19.3 Å². The van der Waals surface area contributed by atoms with Gasteiger partial charge in [0, 0.05) is 5.38 Å². The monoisotopic (exact) mass is 261 g/mol. The van der Waals surface area contributed by atoms with Crippen LogP contribution in [0.2, 0.25) is 4.34 Å². The number of halogens is 1. The summed E-state index contributed by atoms with van der Waals surface area (Å²) in [4.78, 5) is 0. The molecule has 2 rings (SSSR count). The molecule has 0 N–H and O–H groups in total. The Kier molecular flexibility index (Phi) is 3.24. The Morgan fingerprint density at radius 1 is 1.18 bits per heavy atom. The molecule has 0 unspecified atom stereocenters. The highest BCUT2D eigenvalue weighted by atomic mass is 35.5. The second-order valence-corrected chi connectivity index (χ2v) is 6.00. The van der Waals surface area contributed by atoms with E-state index < -0.39 is 5.41 Å². The zero-order valence-electron chi connectivity index (χ0n) is 9.70. The van der Waals surface area contributed by atoms with Crippen LogP contribution in [0.15, 0.2) is 35.7 Å². The van der Waals surface area contributed by atoms with Crippen LogP contribution in [0.4, 0.5) is 0 Å².